The Kier molecular flexibility index (Phi) is 7.16. The number of benzene rings is 1. The molecule has 0 unspecified atom stereocenters. The van der Waals surface area contributed by atoms with Crippen LogP contribution in [-0.4, -0.2) is 58.9 Å². The molecule has 0 spiro atoms. The highest BCUT2D eigenvalue weighted by atomic mass is 16.4. The van der Waals surface area contributed by atoms with Gasteiger partial charge in [-0.15, -0.1) is 0 Å². The molecule has 0 radical (unpaired) electrons. The standard InChI is InChI=1S/C21H28N4O/c26-22-17-21-11-6-10-20(23-21)9-4-5-12-24-13-15-25(16-14-24)18-19-7-2-1-3-8-19/h1-3,6-8,10-11,17,26H,4-5,9,12-16,18H2. The average molecular weight is 352 g/mol. The van der Waals surface area contributed by atoms with Gasteiger partial charge in [0.15, 0.2) is 0 Å². The van der Waals surface area contributed by atoms with E-state index in [1.54, 1.807) is 0 Å². The van der Waals surface area contributed by atoms with E-state index in [0.29, 0.717) is 5.69 Å². The molecule has 0 bridgehead atoms. The van der Waals surface area contributed by atoms with E-state index in [2.05, 4.69) is 50.3 Å². The number of rotatable bonds is 8. The van der Waals surface area contributed by atoms with E-state index in [4.69, 9.17) is 5.21 Å². The van der Waals surface area contributed by atoms with E-state index in [9.17, 15) is 0 Å². The van der Waals surface area contributed by atoms with E-state index in [1.807, 2.05) is 18.2 Å². The fourth-order valence-electron chi connectivity index (χ4n) is 3.42. The second-order valence-electron chi connectivity index (χ2n) is 6.86. The van der Waals surface area contributed by atoms with Gasteiger partial charge in [0.1, 0.15) is 0 Å². The summed E-state index contributed by atoms with van der Waals surface area (Å²) in [6.45, 7) is 6.85. The van der Waals surface area contributed by atoms with Gasteiger partial charge >= 0.3 is 0 Å². The lowest BCUT2D eigenvalue weighted by Crippen LogP contribution is -2.46. The van der Waals surface area contributed by atoms with Gasteiger partial charge in [-0.2, -0.15) is 0 Å². The Morgan fingerprint density at radius 2 is 1.69 bits per heavy atom. The fraction of sp³-hybridized carbons (Fsp3) is 0.429. The van der Waals surface area contributed by atoms with Gasteiger partial charge < -0.3 is 10.1 Å². The maximum Gasteiger partial charge on any atom is 0.0918 e. The summed E-state index contributed by atoms with van der Waals surface area (Å²) in [7, 11) is 0. The van der Waals surface area contributed by atoms with Gasteiger partial charge in [0.2, 0.25) is 0 Å². The number of nitrogens with zero attached hydrogens (tertiary/aromatic N) is 4. The van der Waals surface area contributed by atoms with Crippen molar-refractivity contribution in [2.45, 2.75) is 25.8 Å². The largest absolute Gasteiger partial charge is 0.411 e. The predicted molar refractivity (Wildman–Crippen MR) is 105 cm³/mol. The van der Waals surface area contributed by atoms with Gasteiger partial charge in [0, 0.05) is 38.4 Å². The van der Waals surface area contributed by atoms with Crippen molar-refractivity contribution < 1.29 is 5.21 Å². The topological polar surface area (TPSA) is 52.0 Å². The van der Waals surface area contributed by atoms with Crippen LogP contribution in [0.2, 0.25) is 0 Å². The smallest absolute Gasteiger partial charge is 0.0918 e. The van der Waals surface area contributed by atoms with Gasteiger partial charge in [0.05, 0.1) is 11.9 Å². The molecule has 0 aliphatic carbocycles. The fourth-order valence-corrected chi connectivity index (χ4v) is 3.42. The van der Waals surface area contributed by atoms with Crippen molar-refractivity contribution in [2.75, 3.05) is 32.7 Å². The number of aromatic nitrogens is 1. The molecule has 0 saturated carbocycles. The molecule has 5 nitrogen and oxygen atoms in total. The van der Waals surface area contributed by atoms with E-state index >= 15 is 0 Å². The number of pyridine rings is 1. The second kappa shape index (κ2) is 10.0. The van der Waals surface area contributed by atoms with Crippen LogP contribution in [0.4, 0.5) is 0 Å². The minimum Gasteiger partial charge on any atom is -0.411 e. The number of oxime groups is 1. The first kappa shape index (κ1) is 18.5. The summed E-state index contributed by atoms with van der Waals surface area (Å²) in [6.07, 6.45) is 4.68. The third kappa shape index (κ3) is 5.93. The van der Waals surface area contributed by atoms with Crippen LogP contribution in [0.5, 0.6) is 0 Å². The number of piperazine rings is 1. The molecule has 26 heavy (non-hydrogen) atoms. The Hall–Kier alpha value is -2.24. The zero-order valence-electron chi connectivity index (χ0n) is 15.3. The molecule has 1 N–H and O–H groups in total. The third-order valence-electron chi connectivity index (χ3n) is 4.89. The number of unbranched alkanes of at least 4 members (excludes halogenated alkanes) is 1. The SMILES string of the molecule is ON=Cc1cccc(CCCCN2CCN(Cc3ccccc3)CC2)n1. The van der Waals surface area contributed by atoms with Crippen molar-refractivity contribution in [1.82, 2.24) is 14.8 Å². The number of hydrogen-bond donors (Lipinski definition) is 1. The summed E-state index contributed by atoms with van der Waals surface area (Å²) in [6, 6.07) is 16.6. The lowest BCUT2D eigenvalue weighted by atomic mass is 10.1. The van der Waals surface area contributed by atoms with Crippen molar-refractivity contribution in [3.8, 4) is 0 Å². The molecule has 138 valence electrons. The monoisotopic (exact) mass is 352 g/mol. The lowest BCUT2D eigenvalue weighted by Gasteiger charge is -2.34. The van der Waals surface area contributed by atoms with Crippen molar-refractivity contribution in [2.24, 2.45) is 5.16 Å². The Morgan fingerprint density at radius 3 is 2.46 bits per heavy atom. The van der Waals surface area contributed by atoms with E-state index in [-0.39, 0.29) is 0 Å². The summed E-state index contributed by atoms with van der Waals surface area (Å²) in [5, 5.41) is 11.6. The maximum atomic E-state index is 8.59. The highest BCUT2D eigenvalue weighted by Gasteiger charge is 2.16. The van der Waals surface area contributed by atoms with Gasteiger partial charge in [0.25, 0.3) is 0 Å². The predicted octanol–water partition coefficient (Wildman–Crippen LogP) is 3.03. The summed E-state index contributed by atoms with van der Waals surface area (Å²) in [5.41, 5.74) is 3.18. The molecular weight excluding hydrogens is 324 g/mol. The van der Waals surface area contributed by atoms with E-state index in [1.165, 1.54) is 18.2 Å². The van der Waals surface area contributed by atoms with Crippen LogP contribution < -0.4 is 0 Å². The van der Waals surface area contributed by atoms with Gasteiger partial charge in [-0.25, -0.2) is 0 Å². The van der Waals surface area contributed by atoms with Crippen LogP contribution in [-0.2, 0) is 13.0 Å². The first-order valence-electron chi connectivity index (χ1n) is 9.45. The quantitative estimate of drug-likeness (QED) is 0.343. The van der Waals surface area contributed by atoms with Gasteiger partial charge in [-0.05, 0) is 43.5 Å². The number of aryl methyl sites for hydroxylation is 1. The molecule has 1 aliphatic heterocycles. The molecule has 1 aromatic carbocycles. The second-order valence-corrected chi connectivity index (χ2v) is 6.86. The van der Waals surface area contributed by atoms with Crippen LogP contribution in [0.15, 0.2) is 53.7 Å². The molecular formula is C21H28N4O. The Bertz CT molecular complexity index is 681. The normalized spacial score (nSPS) is 16.3. The molecule has 1 fully saturated rings. The molecule has 5 heteroatoms. The van der Waals surface area contributed by atoms with Crippen LogP contribution in [0.3, 0.4) is 0 Å². The highest BCUT2D eigenvalue weighted by Crippen LogP contribution is 2.10. The Morgan fingerprint density at radius 1 is 0.923 bits per heavy atom. The summed E-state index contributed by atoms with van der Waals surface area (Å²) >= 11 is 0. The van der Waals surface area contributed by atoms with Crippen LogP contribution in [0.25, 0.3) is 0 Å². The summed E-state index contributed by atoms with van der Waals surface area (Å²) < 4.78 is 0. The lowest BCUT2D eigenvalue weighted by molar-refractivity contribution is 0.125. The maximum absolute atomic E-state index is 8.59. The average Bonchev–Trinajstić information content (AvgIpc) is 2.68. The molecule has 1 aromatic heterocycles. The van der Waals surface area contributed by atoms with Crippen molar-refractivity contribution in [3.05, 3.63) is 65.5 Å². The van der Waals surface area contributed by atoms with Crippen molar-refractivity contribution in [3.63, 3.8) is 0 Å². The Balaban J connectivity index is 1.32. The molecule has 2 aromatic rings. The number of hydrogen-bond acceptors (Lipinski definition) is 5. The first-order chi connectivity index (χ1) is 12.8. The van der Waals surface area contributed by atoms with E-state index in [0.717, 1.165) is 57.8 Å². The van der Waals surface area contributed by atoms with Gasteiger partial charge in [-0.3, -0.25) is 9.88 Å². The highest BCUT2D eigenvalue weighted by molar-refractivity contribution is 5.76. The first-order valence-corrected chi connectivity index (χ1v) is 9.45. The van der Waals surface area contributed by atoms with Crippen molar-refractivity contribution >= 4 is 6.21 Å². The zero-order chi connectivity index (χ0) is 18.0. The minimum absolute atomic E-state index is 0.708. The van der Waals surface area contributed by atoms with Crippen molar-refractivity contribution in [1.29, 1.82) is 0 Å². The molecule has 2 heterocycles. The van der Waals surface area contributed by atoms with Crippen LogP contribution >= 0.6 is 0 Å². The molecule has 1 aliphatic rings. The molecule has 0 atom stereocenters. The third-order valence-corrected chi connectivity index (χ3v) is 4.89. The summed E-state index contributed by atoms with van der Waals surface area (Å²) in [4.78, 5) is 9.59. The van der Waals surface area contributed by atoms with Gasteiger partial charge in [-0.1, -0.05) is 41.6 Å². The summed E-state index contributed by atoms with van der Waals surface area (Å²) in [5.74, 6) is 0. The van der Waals surface area contributed by atoms with E-state index < -0.39 is 0 Å². The Labute approximate surface area is 156 Å². The molecule has 1 saturated heterocycles. The minimum atomic E-state index is 0.708. The molecule has 0 amide bonds. The zero-order valence-corrected chi connectivity index (χ0v) is 15.3. The molecule has 3 rings (SSSR count). The van der Waals surface area contributed by atoms with Crippen LogP contribution in [0, 0.1) is 0 Å². The van der Waals surface area contributed by atoms with Crippen LogP contribution in [0.1, 0.15) is 29.8 Å².